The van der Waals surface area contributed by atoms with E-state index in [0.717, 1.165) is 22.2 Å². The van der Waals surface area contributed by atoms with E-state index in [9.17, 15) is 4.79 Å². The molecule has 3 heterocycles. The van der Waals surface area contributed by atoms with Crippen LogP contribution in [-0.4, -0.2) is 59.3 Å². The van der Waals surface area contributed by atoms with Gasteiger partial charge in [-0.15, -0.1) is 0 Å². The van der Waals surface area contributed by atoms with Gasteiger partial charge in [-0.1, -0.05) is 29.3 Å². The van der Waals surface area contributed by atoms with Crippen LogP contribution in [0.15, 0.2) is 24.5 Å². The van der Waals surface area contributed by atoms with Gasteiger partial charge in [-0.3, -0.25) is 4.79 Å². The van der Waals surface area contributed by atoms with Crippen molar-refractivity contribution >= 4 is 40.0 Å². The third-order valence-corrected chi connectivity index (χ3v) is 6.09. The SMILES string of the molecule is COCCOCn1c2c(c3ccc(Cl)c(Cl)c31)CN(C(=O)c1ncc(OC)cn1)CC2. The van der Waals surface area contributed by atoms with Crippen molar-refractivity contribution in [2.24, 2.45) is 0 Å². The molecule has 3 aromatic rings. The van der Waals surface area contributed by atoms with Gasteiger partial charge in [0.15, 0.2) is 5.75 Å². The van der Waals surface area contributed by atoms with Crippen LogP contribution in [0.5, 0.6) is 5.75 Å². The van der Waals surface area contributed by atoms with Gasteiger partial charge in [-0.2, -0.15) is 0 Å². The number of methoxy groups -OCH3 is 2. The number of hydrogen-bond acceptors (Lipinski definition) is 6. The number of carbonyl (C=O) groups is 1. The van der Waals surface area contributed by atoms with Gasteiger partial charge in [0.25, 0.3) is 5.91 Å². The molecule has 10 heteroatoms. The molecule has 0 N–H and O–H groups in total. The summed E-state index contributed by atoms with van der Waals surface area (Å²) in [6.07, 6.45) is 3.62. The van der Waals surface area contributed by atoms with E-state index in [-0.39, 0.29) is 11.7 Å². The summed E-state index contributed by atoms with van der Waals surface area (Å²) in [5.74, 6) is 0.406. The summed E-state index contributed by atoms with van der Waals surface area (Å²) < 4.78 is 17.9. The lowest BCUT2D eigenvalue weighted by atomic mass is 10.0. The number of amides is 1. The highest BCUT2D eigenvalue weighted by Gasteiger charge is 2.29. The fourth-order valence-electron chi connectivity index (χ4n) is 3.76. The van der Waals surface area contributed by atoms with Crippen LogP contribution in [0.4, 0.5) is 0 Å². The number of ether oxygens (including phenoxy) is 3. The maximum absolute atomic E-state index is 13.0. The number of rotatable bonds is 7. The fourth-order valence-corrected chi connectivity index (χ4v) is 4.18. The van der Waals surface area contributed by atoms with E-state index in [1.165, 1.54) is 19.5 Å². The number of fused-ring (bicyclic) bond motifs is 3. The van der Waals surface area contributed by atoms with Crippen LogP contribution < -0.4 is 4.74 Å². The van der Waals surface area contributed by atoms with Crippen molar-refractivity contribution in [3.05, 3.63) is 51.7 Å². The minimum Gasteiger partial charge on any atom is -0.494 e. The van der Waals surface area contributed by atoms with Crippen LogP contribution in [0.1, 0.15) is 21.9 Å². The van der Waals surface area contributed by atoms with Gasteiger partial charge in [0, 0.05) is 43.3 Å². The van der Waals surface area contributed by atoms with E-state index in [1.54, 1.807) is 18.1 Å². The topological polar surface area (TPSA) is 78.7 Å². The molecule has 8 nitrogen and oxygen atoms in total. The molecule has 0 bridgehead atoms. The summed E-state index contributed by atoms with van der Waals surface area (Å²) >= 11 is 12.9. The highest BCUT2D eigenvalue weighted by atomic mass is 35.5. The normalized spacial score (nSPS) is 13.5. The van der Waals surface area contributed by atoms with Crippen molar-refractivity contribution in [2.75, 3.05) is 34.0 Å². The molecule has 164 valence electrons. The molecule has 0 aliphatic carbocycles. The van der Waals surface area contributed by atoms with Crippen LogP contribution in [0.25, 0.3) is 10.9 Å². The Morgan fingerprint density at radius 1 is 1.16 bits per heavy atom. The van der Waals surface area contributed by atoms with Gasteiger partial charge >= 0.3 is 0 Å². The van der Waals surface area contributed by atoms with Crippen LogP contribution in [0.2, 0.25) is 10.0 Å². The van der Waals surface area contributed by atoms with Crippen molar-refractivity contribution in [1.29, 1.82) is 0 Å². The standard InChI is InChI=1S/C21H22Cl2N4O4/c1-29-7-8-31-12-27-17-5-6-26(21(28)20-24-9-13(30-2)10-25-20)11-15(17)14-3-4-16(22)18(23)19(14)27/h3-4,9-10H,5-8,11-12H2,1-2H3. The highest BCUT2D eigenvalue weighted by Crippen LogP contribution is 2.38. The van der Waals surface area contributed by atoms with Crippen LogP contribution in [0, 0.1) is 0 Å². The van der Waals surface area contributed by atoms with E-state index in [1.807, 2.05) is 10.6 Å². The Kier molecular flexibility index (Phi) is 6.62. The second kappa shape index (κ2) is 9.40. The van der Waals surface area contributed by atoms with Gasteiger partial charge < -0.3 is 23.7 Å². The Bertz CT molecular complexity index is 1100. The monoisotopic (exact) mass is 464 g/mol. The lowest BCUT2D eigenvalue weighted by molar-refractivity contribution is 0.0343. The Hall–Kier alpha value is -2.39. The van der Waals surface area contributed by atoms with Crippen molar-refractivity contribution in [2.45, 2.75) is 19.7 Å². The van der Waals surface area contributed by atoms with Crippen LogP contribution in [-0.2, 0) is 29.2 Å². The molecular weight excluding hydrogens is 443 g/mol. The van der Waals surface area contributed by atoms with Gasteiger partial charge in [-0.05, 0) is 6.07 Å². The molecule has 1 aliphatic rings. The van der Waals surface area contributed by atoms with E-state index in [2.05, 4.69) is 9.97 Å². The summed E-state index contributed by atoms with van der Waals surface area (Å²) in [4.78, 5) is 23.0. The zero-order valence-electron chi connectivity index (χ0n) is 17.2. The number of hydrogen-bond donors (Lipinski definition) is 0. The third-order valence-electron chi connectivity index (χ3n) is 5.30. The van der Waals surface area contributed by atoms with E-state index < -0.39 is 0 Å². The molecule has 2 aromatic heterocycles. The summed E-state index contributed by atoms with van der Waals surface area (Å²) in [7, 11) is 3.16. The van der Waals surface area contributed by atoms with Crippen molar-refractivity contribution < 1.29 is 19.0 Å². The predicted octanol–water partition coefficient (Wildman–Crippen LogP) is 3.57. The Labute approximate surface area is 189 Å². The third kappa shape index (κ3) is 4.21. The van der Waals surface area contributed by atoms with Crippen molar-refractivity contribution in [3.8, 4) is 5.75 Å². The Morgan fingerprint density at radius 2 is 1.94 bits per heavy atom. The van der Waals surface area contributed by atoms with Crippen molar-refractivity contribution in [3.63, 3.8) is 0 Å². The van der Waals surface area contributed by atoms with Gasteiger partial charge in [0.05, 0.1) is 48.3 Å². The zero-order valence-corrected chi connectivity index (χ0v) is 18.7. The summed E-state index contributed by atoms with van der Waals surface area (Å²) in [6, 6.07) is 3.71. The molecule has 0 spiro atoms. The average Bonchev–Trinajstić information content (AvgIpc) is 3.12. The average molecular weight is 465 g/mol. The number of benzene rings is 1. The quantitative estimate of drug-likeness (QED) is 0.497. The lowest BCUT2D eigenvalue weighted by Crippen LogP contribution is -2.37. The van der Waals surface area contributed by atoms with Gasteiger partial charge in [0.2, 0.25) is 5.82 Å². The fraction of sp³-hybridized carbons (Fsp3) is 0.381. The number of carbonyl (C=O) groups excluding carboxylic acids is 1. The van der Waals surface area contributed by atoms with Gasteiger partial charge in [0.1, 0.15) is 6.73 Å². The molecule has 0 saturated heterocycles. The van der Waals surface area contributed by atoms with E-state index in [0.29, 0.717) is 55.2 Å². The second-order valence-corrected chi connectivity index (χ2v) is 7.85. The minimum atomic E-state index is -0.231. The van der Waals surface area contributed by atoms with Crippen LogP contribution in [0.3, 0.4) is 0 Å². The number of aromatic nitrogens is 3. The number of halogens is 2. The molecule has 1 aromatic carbocycles. The van der Waals surface area contributed by atoms with Crippen LogP contribution >= 0.6 is 23.2 Å². The molecule has 1 aliphatic heterocycles. The van der Waals surface area contributed by atoms with E-state index in [4.69, 9.17) is 37.4 Å². The summed E-state index contributed by atoms with van der Waals surface area (Å²) in [5, 5.41) is 1.90. The molecular formula is C21H22Cl2N4O4. The first-order valence-corrected chi connectivity index (χ1v) is 10.5. The highest BCUT2D eigenvalue weighted by molar-refractivity contribution is 6.45. The first-order valence-electron chi connectivity index (χ1n) is 9.75. The predicted molar refractivity (Wildman–Crippen MR) is 117 cm³/mol. The maximum Gasteiger partial charge on any atom is 0.291 e. The smallest absolute Gasteiger partial charge is 0.291 e. The molecule has 4 rings (SSSR count). The second-order valence-electron chi connectivity index (χ2n) is 7.06. The van der Waals surface area contributed by atoms with E-state index >= 15 is 0 Å². The Morgan fingerprint density at radius 3 is 2.65 bits per heavy atom. The lowest BCUT2D eigenvalue weighted by Gasteiger charge is -2.27. The molecule has 0 atom stereocenters. The Balaban J connectivity index is 1.66. The first-order chi connectivity index (χ1) is 15.0. The van der Waals surface area contributed by atoms with Crippen molar-refractivity contribution in [1.82, 2.24) is 19.4 Å². The summed E-state index contributed by atoms with van der Waals surface area (Å²) in [6.45, 7) is 2.23. The molecule has 31 heavy (non-hydrogen) atoms. The first kappa shape index (κ1) is 21.8. The molecule has 0 radical (unpaired) electrons. The molecule has 0 fully saturated rings. The largest absolute Gasteiger partial charge is 0.494 e. The molecule has 0 saturated carbocycles. The maximum atomic E-state index is 13.0. The zero-order chi connectivity index (χ0) is 22.0. The molecule has 0 unspecified atom stereocenters. The minimum absolute atomic E-state index is 0.136. The summed E-state index contributed by atoms with van der Waals surface area (Å²) in [5.41, 5.74) is 2.92. The number of nitrogens with zero attached hydrogens (tertiary/aromatic N) is 4. The van der Waals surface area contributed by atoms with Gasteiger partial charge in [-0.25, -0.2) is 9.97 Å². The molecule has 1 amide bonds.